The third-order valence-electron chi connectivity index (χ3n) is 4.04. The lowest BCUT2D eigenvalue weighted by Gasteiger charge is -2.33. The summed E-state index contributed by atoms with van der Waals surface area (Å²) in [6.45, 7) is 7.22. The van der Waals surface area contributed by atoms with Gasteiger partial charge in [0.1, 0.15) is 22.9 Å². The van der Waals surface area contributed by atoms with Crippen molar-refractivity contribution in [2.45, 2.75) is 6.92 Å². The van der Waals surface area contributed by atoms with Crippen LogP contribution in [0.1, 0.15) is 17.3 Å². The average Bonchev–Trinajstić information content (AvgIpc) is 2.46. The van der Waals surface area contributed by atoms with E-state index in [1.54, 1.807) is 0 Å². The van der Waals surface area contributed by atoms with E-state index in [-0.39, 0.29) is 5.92 Å². The quantitative estimate of drug-likeness (QED) is 0.856. The Bertz CT molecular complexity index is 537. The lowest BCUT2D eigenvalue weighted by atomic mass is 10.1. The van der Waals surface area contributed by atoms with Gasteiger partial charge < -0.3 is 20.2 Å². The lowest BCUT2D eigenvalue weighted by molar-refractivity contribution is 0.0930. The highest BCUT2D eigenvalue weighted by Gasteiger charge is 2.20. The monoisotopic (exact) mass is 327 g/mol. The van der Waals surface area contributed by atoms with Crippen LogP contribution in [0.15, 0.2) is 12.1 Å². The predicted octanol–water partition coefficient (Wildman–Crippen LogP) is 1.28. The number of hydrogen-bond acceptors (Lipinski definition) is 4. The van der Waals surface area contributed by atoms with Crippen molar-refractivity contribution in [1.82, 2.24) is 15.1 Å². The molecule has 7 heteroatoms. The molecule has 2 N–H and O–H groups in total. The van der Waals surface area contributed by atoms with Gasteiger partial charge in [-0.25, -0.2) is 8.78 Å². The van der Waals surface area contributed by atoms with Crippen LogP contribution < -0.4 is 5.32 Å². The number of benzene rings is 1. The second-order valence-corrected chi connectivity index (χ2v) is 6.20. The van der Waals surface area contributed by atoms with Crippen molar-refractivity contribution >= 4 is 5.91 Å². The number of carbonyl (C=O) groups excluding carboxylic acids is 1. The summed E-state index contributed by atoms with van der Waals surface area (Å²) in [5.41, 5.74) is -0.516. The van der Waals surface area contributed by atoms with Crippen molar-refractivity contribution in [3.8, 4) is 5.75 Å². The molecule has 0 unspecified atom stereocenters. The van der Waals surface area contributed by atoms with Crippen molar-refractivity contribution in [1.29, 1.82) is 0 Å². The van der Waals surface area contributed by atoms with Gasteiger partial charge in [0, 0.05) is 51.4 Å². The van der Waals surface area contributed by atoms with Crippen LogP contribution in [0.5, 0.6) is 5.75 Å². The number of phenolic OH excluding ortho intramolecular Hbond substituents is 1. The molecule has 0 aliphatic carbocycles. The molecule has 128 valence electrons. The Morgan fingerprint density at radius 3 is 2.57 bits per heavy atom. The summed E-state index contributed by atoms with van der Waals surface area (Å²) < 4.78 is 26.6. The molecule has 1 aliphatic heterocycles. The zero-order valence-electron chi connectivity index (χ0n) is 13.5. The first-order chi connectivity index (χ1) is 10.9. The maximum absolute atomic E-state index is 13.6. The smallest absolute Gasteiger partial charge is 0.258 e. The minimum atomic E-state index is -1.06. The average molecular weight is 327 g/mol. The van der Waals surface area contributed by atoms with E-state index in [2.05, 4.69) is 22.2 Å². The van der Waals surface area contributed by atoms with E-state index in [4.69, 9.17) is 0 Å². The molecule has 1 aromatic carbocycles. The van der Waals surface area contributed by atoms with E-state index in [9.17, 15) is 18.7 Å². The maximum atomic E-state index is 13.6. The number of piperazine rings is 1. The Balaban J connectivity index is 1.84. The van der Waals surface area contributed by atoms with Crippen molar-refractivity contribution in [3.05, 3.63) is 29.3 Å². The van der Waals surface area contributed by atoms with Gasteiger partial charge in [-0.05, 0) is 13.0 Å². The van der Waals surface area contributed by atoms with Gasteiger partial charge in [-0.1, -0.05) is 6.92 Å². The summed E-state index contributed by atoms with van der Waals surface area (Å²) in [7, 11) is 2.09. The topological polar surface area (TPSA) is 55.8 Å². The molecule has 1 fully saturated rings. The molecule has 2 rings (SSSR count). The van der Waals surface area contributed by atoms with Crippen LogP contribution in [0.4, 0.5) is 8.78 Å². The SMILES string of the molecule is C[C@@H](CNC(=O)c1c(O)cc(F)cc1F)CN1CCN(C)CC1. The Morgan fingerprint density at radius 1 is 1.30 bits per heavy atom. The number of phenols is 1. The van der Waals surface area contributed by atoms with Crippen LogP contribution in [-0.2, 0) is 0 Å². The molecule has 1 atom stereocenters. The van der Waals surface area contributed by atoms with E-state index >= 15 is 0 Å². The largest absolute Gasteiger partial charge is 0.507 e. The van der Waals surface area contributed by atoms with Crippen molar-refractivity contribution in [3.63, 3.8) is 0 Å². The van der Waals surface area contributed by atoms with E-state index in [1.807, 2.05) is 6.92 Å². The number of hydrogen-bond donors (Lipinski definition) is 2. The third kappa shape index (κ3) is 4.87. The Morgan fingerprint density at radius 2 is 1.96 bits per heavy atom. The fraction of sp³-hybridized carbons (Fsp3) is 0.562. The molecule has 1 amide bonds. The van der Waals surface area contributed by atoms with Crippen LogP contribution in [0.25, 0.3) is 0 Å². The van der Waals surface area contributed by atoms with Gasteiger partial charge in [0.2, 0.25) is 0 Å². The zero-order valence-corrected chi connectivity index (χ0v) is 13.5. The van der Waals surface area contributed by atoms with Crippen LogP contribution in [0, 0.1) is 17.6 Å². The summed E-state index contributed by atoms with van der Waals surface area (Å²) in [5.74, 6) is -3.21. The van der Waals surface area contributed by atoms with E-state index < -0.39 is 28.9 Å². The predicted molar refractivity (Wildman–Crippen MR) is 83.5 cm³/mol. The Labute approximate surface area is 134 Å². The van der Waals surface area contributed by atoms with Gasteiger partial charge in [-0.3, -0.25) is 4.79 Å². The first kappa shape index (κ1) is 17.6. The third-order valence-corrected chi connectivity index (χ3v) is 4.04. The summed E-state index contributed by atoms with van der Waals surface area (Å²) >= 11 is 0. The Hall–Kier alpha value is -1.73. The summed E-state index contributed by atoms with van der Waals surface area (Å²) in [5, 5.41) is 12.1. The number of aromatic hydroxyl groups is 1. The fourth-order valence-electron chi connectivity index (χ4n) is 2.68. The van der Waals surface area contributed by atoms with E-state index in [0.717, 1.165) is 38.8 Å². The first-order valence-electron chi connectivity index (χ1n) is 7.74. The minimum absolute atomic E-state index is 0.188. The number of carbonyl (C=O) groups is 1. The molecule has 1 saturated heterocycles. The molecule has 0 spiro atoms. The molecule has 0 saturated carbocycles. The number of likely N-dealkylation sites (N-methyl/N-ethyl adjacent to an activating group) is 1. The second kappa shape index (κ2) is 7.70. The molecule has 0 radical (unpaired) electrons. The van der Waals surface area contributed by atoms with Gasteiger partial charge in [-0.2, -0.15) is 0 Å². The Kier molecular flexibility index (Phi) is 5.90. The molecule has 1 aromatic rings. The molecule has 0 aromatic heterocycles. The van der Waals surface area contributed by atoms with E-state index in [0.29, 0.717) is 12.6 Å². The van der Waals surface area contributed by atoms with Gasteiger partial charge >= 0.3 is 0 Å². The highest BCUT2D eigenvalue weighted by Crippen LogP contribution is 2.21. The highest BCUT2D eigenvalue weighted by atomic mass is 19.1. The zero-order chi connectivity index (χ0) is 17.0. The summed E-state index contributed by atoms with van der Waals surface area (Å²) in [4.78, 5) is 16.6. The fourth-order valence-corrected chi connectivity index (χ4v) is 2.68. The van der Waals surface area contributed by atoms with Gasteiger partial charge in [0.15, 0.2) is 0 Å². The number of nitrogens with zero attached hydrogens (tertiary/aromatic N) is 2. The molecule has 0 bridgehead atoms. The van der Waals surface area contributed by atoms with Crippen molar-refractivity contribution in [2.75, 3.05) is 46.3 Å². The maximum Gasteiger partial charge on any atom is 0.258 e. The number of amides is 1. The van der Waals surface area contributed by atoms with Crippen molar-refractivity contribution in [2.24, 2.45) is 5.92 Å². The lowest BCUT2D eigenvalue weighted by Crippen LogP contribution is -2.46. The molecular formula is C16H23F2N3O2. The van der Waals surface area contributed by atoms with Crippen LogP contribution in [0.2, 0.25) is 0 Å². The molecule has 23 heavy (non-hydrogen) atoms. The minimum Gasteiger partial charge on any atom is -0.507 e. The first-order valence-corrected chi connectivity index (χ1v) is 7.74. The van der Waals surface area contributed by atoms with Crippen LogP contribution in [-0.4, -0.2) is 67.1 Å². The van der Waals surface area contributed by atoms with E-state index in [1.165, 1.54) is 0 Å². The molecule has 1 aliphatic rings. The van der Waals surface area contributed by atoms with Gasteiger partial charge in [0.05, 0.1) is 0 Å². The van der Waals surface area contributed by atoms with Gasteiger partial charge in [0.25, 0.3) is 5.91 Å². The van der Waals surface area contributed by atoms with Crippen LogP contribution >= 0.6 is 0 Å². The highest BCUT2D eigenvalue weighted by molar-refractivity contribution is 5.97. The van der Waals surface area contributed by atoms with Gasteiger partial charge in [-0.15, -0.1) is 0 Å². The standard InChI is InChI=1S/C16H23F2N3O2/c1-11(10-21-5-3-20(2)4-6-21)9-19-16(23)15-13(18)7-12(17)8-14(15)22/h7-8,11,22H,3-6,9-10H2,1-2H3,(H,19,23)/t11-/m0/s1. The second-order valence-electron chi connectivity index (χ2n) is 6.20. The molecule has 5 nitrogen and oxygen atoms in total. The summed E-state index contributed by atoms with van der Waals surface area (Å²) in [6.07, 6.45) is 0. The molecule has 1 heterocycles. The number of nitrogens with one attached hydrogen (secondary N) is 1. The summed E-state index contributed by atoms with van der Waals surface area (Å²) in [6, 6.07) is 1.31. The number of rotatable bonds is 5. The normalized spacial score (nSPS) is 17.9. The number of halogens is 2. The van der Waals surface area contributed by atoms with Crippen LogP contribution in [0.3, 0.4) is 0 Å². The molecular weight excluding hydrogens is 304 g/mol. The van der Waals surface area contributed by atoms with Crippen molar-refractivity contribution < 1.29 is 18.7 Å².